The number of nitrogens with one attached hydrogen (secondary N) is 1. The van der Waals surface area contributed by atoms with Crippen molar-refractivity contribution in [2.45, 2.75) is 39.2 Å². The van der Waals surface area contributed by atoms with E-state index in [1.54, 1.807) is 0 Å². The van der Waals surface area contributed by atoms with Crippen molar-refractivity contribution >= 4 is 0 Å². The van der Waals surface area contributed by atoms with Gasteiger partial charge in [0, 0.05) is 13.2 Å². The second-order valence-corrected chi connectivity index (χ2v) is 3.72. The van der Waals surface area contributed by atoms with Crippen molar-refractivity contribution in [3.8, 4) is 6.07 Å². The SMILES string of the molecule is CCCOCCCc1[nH]cc[n+]1CCC#N. The van der Waals surface area contributed by atoms with Gasteiger partial charge in [0.05, 0.1) is 18.9 Å². The van der Waals surface area contributed by atoms with Gasteiger partial charge in [-0.15, -0.1) is 0 Å². The van der Waals surface area contributed by atoms with Gasteiger partial charge in [-0.2, -0.15) is 5.26 Å². The van der Waals surface area contributed by atoms with Gasteiger partial charge < -0.3 is 4.74 Å². The number of aromatic nitrogens is 2. The molecule has 0 aromatic carbocycles. The maximum Gasteiger partial charge on any atom is 0.254 e. The molecule has 0 saturated carbocycles. The fourth-order valence-corrected chi connectivity index (χ4v) is 1.58. The lowest BCUT2D eigenvalue weighted by molar-refractivity contribution is -0.701. The first-order valence-electron chi connectivity index (χ1n) is 5.89. The van der Waals surface area contributed by atoms with Crippen LogP contribution in [0.1, 0.15) is 32.0 Å². The highest BCUT2D eigenvalue weighted by Crippen LogP contribution is 1.95. The van der Waals surface area contributed by atoms with Crippen molar-refractivity contribution in [3.05, 3.63) is 18.2 Å². The van der Waals surface area contributed by atoms with Crippen molar-refractivity contribution in [2.75, 3.05) is 13.2 Å². The third-order valence-electron chi connectivity index (χ3n) is 2.37. The van der Waals surface area contributed by atoms with Gasteiger partial charge in [0.1, 0.15) is 18.9 Å². The number of hydrogen-bond donors (Lipinski definition) is 1. The van der Waals surface area contributed by atoms with Crippen LogP contribution in [0.4, 0.5) is 0 Å². The summed E-state index contributed by atoms with van der Waals surface area (Å²) < 4.78 is 7.53. The van der Waals surface area contributed by atoms with Gasteiger partial charge in [-0.05, 0) is 12.8 Å². The molecule has 1 aromatic heterocycles. The molecule has 0 aliphatic carbocycles. The molecule has 0 spiro atoms. The maximum absolute atomic E-state index is 8.54. The van der Waals surface area contributed by atoms with Crippen molar-refractivity contribution in [2.24, 2.45) is 0 Å². The monoisotopic (exact) mass is 222 g/mol. The van der Waals surface area contributed by atoms with E-state index in [1.807, 2.05) is 12.4 Å². The van der Waals surface area contributed by atoms with E-state index < -0.39 is 0 Å². The number of H-pyrrole nitrogens is 1. The Morgan fingerprint density at radius 2 is 2.38 bits per heavy atom. The van der Waals surface area contributed by atoms with Crippen LogP contribution in [0, 0.1) is 11.3 Å². The summed E-state index contributed by atoms with van der Waals surface area (Å²) >= 11 is 0. The summed E-state index contributed by atoms with van der Waals surface area (Å²) in [4.78, 5) is 3.20. The molecule has 16 heavy (non-hydrogen) atoms. The number of hydrogen-bond acceptors (Lipinski definition) is 2. The fourth-order valence-electron chi connectivity index (χ4n) is 1.58. The molecule has 0 saturated heterocycles. The lowest BCUT2D eigenvalue weighted by Gasteiger charge is -2.01. The van der Waals surface area contributed by atoms with E-state index in [0.29, 0.717) is 6.42 Å². The van der Waals surface area contributed by atoms with Gasteiger partial charge in [-0.1, -0.05) is 6.92 Å². The van der Waals surface area contributed by atoms with E-state index in [0.717, 1.165) is 39.0 Å². The zero-order valence-electron chi connectivity index (χ0n) is 9.91. The van der Waals surface area contributed by atoms with Gasteiger partial charge in [-0.25, -0.2) is 9.55 Å². The van der Waals surface area contributed by atoms with Crippen LogP contribution in [0.25, 0.3) is 0 Å². The Balaban J connectivity index is 2.25. The highest BCUT2D eigenvalue weighted by Gasteiger charge is 2.09. The second kappa shape index (κ2) is 7.89. The summed E-state index contributed by atoms with van der Waals surface area (Å²) in [5, 5.41) is 8.54. The van der Waals surface area contributed by atoms with Gasteiger partial charge in [-0.3, -0.25) is 0 Å². The Bertz CT molecular complexity index is 327. The maximum atomic E-state index is 8.54. The van der Waals surface area contributed by atoms with Crippen LogP contribution in [0.5, 0.6) is 0 Å². The van der Waals surface area contributed by atoms with Crippen molar-refractivity contribution < 1.29 is 9.30 Å². The Labute approximate surface area is 96.9 Å². The van der Waals surface area contributed by atoms with Crippen LogP contribution >= 0.6 is 0 Å². The standard InChI is InChI=1S/C12H19N3O/c1-2-10-16-11-3-5-12-14-7-9-15(12)8-4-6-13/h7,9H,2-5,8,10-11H2,1H3/p+1. The van der Waals surface area contributed by atoms with Crippen LogP contribution in [0.2, 0.25) is 0 Å². The average molecular weight is 222 g/mol. The molecule has 0 fully saturated rings. The third kappa shape index (κ3) is 4.45. The molecule has 0 atom stereocenters. The minimum Gasteiger partial charge on any atom is -0.381 e. The quantitative estimate of drug-likeness (QED) is 0.536. The predicted molar refractivity (Wildman–Crippen MR) is 60.6 cm³/mol. The summed E-state index contributed by atoms with van der Waals surface area (Å²) in [5.41, 5.74) is 0. The Morgan fingerprint density at radius 1 is 1.50 bits per heavy atom. The molecule has 0 radical (unpaired) electrons. The summed E-state index contributed by atoms with van der Waals surface area (Å²) in [6, 6.07) is 2.16. The molecule has 0 unspecified atom stereocenters. The van der Waals surface area contributed by atoms with E-state index in [-0.39, 0.29) is 0 Å². The minimum atomic E-state index is 0.557. The van der Waals surface area contributed by atoms with Crippen LogP contribution in [-0.4, -0.2) is 18.2 Å². The molecule has 0 aliphatic heterocycles. The highest BCUT2D eigenvalue weighted by atomic mass is 16.5. The largest absolute Gasteiger partial charge is 0.381 e. The van der Waals surface area contributed by atoms with E-state index in [4.69, 9.17) is 10.00 Å². The lowest BCUT2D eigenvalue weighted by Crippen LogP contribution is -2.36. The number of nitriles is 1. The number of aromatic amines is 1. The molecule has 1 heterocycles. The van der Waals surface area contributed by atoms with E-state index in [2.05, 4.69) is 22.5 Å². The second-order valence-electron chi connectivity index (χ2n) is 3.72. The lowest BCUT2D eigenvalue weighted by atomic mass is 10.3. The highest BCUT2D eigenvalue weighted by molar-refractivity contribution is 4.78. The number of nitrogens with zero attached hydrogens (tertiary/aromatic N) is 2. The smallest absolute Gasteiger partial charge is 0.254 e. The molecule has 88 valence electrons. The molecular formula is C12H20N3O+. The summed E-state index contributed by atoms with van der Waals surface area (Å²) in [5.74, 6) is 1.18. The minimum absolute atomic E-state index is 0.557. The van der Waals surface area contributed by atoms with Gasteiger partial charge in [0.2, 0.25) is 0 Å². The van der Waals surface area contributed by atoms with Crippen molar-refractivity contribution in [1.29, 1.82) is 5.26 Å². The van der Waals surface area contributed by atoms with Crippen LogP contribution < -0.4 is 4.57 Å². The van der Waals surface area contributed by atoms with Gasteiger partial charge in [0.25, 0.3) is 5.82 Å². The molecule has 0 aliphatic rings. The van der Waals surface area contributed by atoms with Gasteiger partial charge >= 0.3 is 0 Å². The normalized spacial score (nSPS) is 10.2. The van der Waals surface area contributed by atoms with Crippen molar-refractivity contribution in [3.63, 3.8) is 0 Å². The molecule has 1 N–H and O–H groups in total. The fraction of sp³-hybridized carbons (Fsp3) is 0.667. The Hall–Kier alpha value is -1.34. The van der Waals surface area contributed by atoms with E-state index in [1.165, 1.54) is 5.82 Å². The number of ether oxygens (including phenoxy) is 1. The third-order valence-corrected chi connectivity index (χ3v) is 2.37. The number of aryl methyl sites for hydroxylation is 2. The average Bonchev–Trinajstić information content (AvgIpc) is 2.74. The van der Waals surface area contributed by atoms with Gasteiger partial charge in [0.15, 0.2) is 0 Å². The molecule has 1 rings (SSSR count). The zero-order chi connectivity index (χ0) is 11.6. The first kappa shape index (κ1) is 12.7. The molecule has 0 amide bonds. The zero-order valence-corrected chi connectivity index (χ0v) is 9.91. The topological polar surface area (TPSA) is 52.7 Å². The summed E-state index contributed by atoms with van der Waals surface area (Å²) in [6.45, 7) is 4.54. The first-order chi connectivity index (χ1) is 7.88. The molecule has 1 aromatic rings. The molecular weight excluding hydrogens is 202 g/mol. The summed E-state index contributed by atoms with van der Waals surface area (Å²) in [6.07, 6.45) is 7.53. The number of imidazole rings is 1. The van der Waals surface area contributed by atoms with Crippen LogP contribution in [-0.2, 0) is 17.7 Å². The first-order valence-corrected chi connectivity index (χ1v) is 5.89. The van der Waals surface area contributed by atoms with Crippen molar-refractivity contribution in [1.82, 2.24) is 4.98 Å². The van der Waals surface area contributed by atoms with Crippen LogP contribution in [0.3, 0.4) is 0 Å². The molecule has 0 bridgehead atoms. The number of rotatable bonds is 8. The summed E-state index contributed by atoms with van der Waals surface area (Å²) in [7, 11) is 0. The molecule has 4 heteroatoms. The van der Waals surface area contributed by atoms with Crippen LogP contribution in [0.15, 0.2) is 12.4 Å². The molecule has 4 nitrogen and oxygen atoms in total. The van der Waals surface area contributed by atoms with E-state index in [9.17, 15) is 0 Å². The van der Waals surface area contributed by atoms with E-state index >= 15 is 0 Å². The Kier molecular flexibility index (Phi) is 6.28. The Morgan fingerprint density at radius 3 is 3.12 bits per heavy atom. The predicted octanol–water partition coefficient (Wildman–Crippen LogP) is 1.58.